The highest BCUT2D eigenvalue weighted by Crippen LogP contribution is 2.42. The molecular formula is C33H47NO3S3. The molecule has 0 saturated heterocycles. The van der Waals surface area contributed by atoms with Crippen molar-refractivity contribution in [3.05, 3.63) is 65.2 Å². The standard InChI is InChI=1S/C33H47NO3S3/c1-7-8-19-39-32(38)40-29(26-14-10-9-11-15-26)21-27(31(37)34-23(2)3)22-33(5,6)30(36)16-12-13-25-17-18-28(35)24(4)20-25/h9-11,14-15,17-18,20,23,27,29,35H,7-8,12-13,16,19,21-22H2,1-6H3,(H,34,37). The number of unbranched alkanes of at least 4 members (excludes halogenated alkanes) is 1. The summed E-state index contributed by atoms with van der Waals surface area (Å²) >= 11 is 9.14. The van der Waals surface area contributed by atoms with Gasteiger partial charge in [0, 0.05) is 29.0 Å². The molecule has 0 radical (unpaired) electrons. The number of aromatic hydroxyl groups is 1. The van der Waals surface area contributed by atoms with E-state index in [0.717, 1.165) is 51.7 Å². The van der Waals surface area contributed by atoms with Crippen LogP contribution in [0, 0.1) is 18.3 Å². The van der Waals surface area contributed by atoms with Crippen molar-refractivity contribution in [3.63, 3.8) is 0 Å². The van der Waals surface area contributed by atoms with Gasteiger partial charge in [0.25, 0.3) is 0 Å². The van der Waals surface area contributed by atoms with Crippen LogP contribution in [-0.2, 0) is 16.0 Å². The topological polar surface area (TPSA) is 66.4 Å². The predicted octanol–water partition coefficient (Wildman–Crippen LogP) is 8.83. The number of ketones is 1. The van der Waals surface area contributed by atoms with Crippen LogP contribution in [0.2, 0.25) is 0 Å². The zero-order valence-electron chi connectivity index (χ0n) is 25.0. The van der Waals surface area contributed by atoms with Crippen LogP contribution in [0.5, 0.6) is 5.75 Å². The largest absolute Gasteiger partial charge is 0.508 e. The van der Waals surface area contributed by atoms with Crippen LogP contribution in [0.15, 0.2) is 48.5 Å². The van der Waals surface area contributed by atoms with E-state index in [9.17, 15) is 14.7 Å². The molecule has 0 aromatic heterocycles. The molecule has 0 spiro atoms. The number of carbonyl (C=O) groups excluding carboxylic acids is 2. The molecule has 220 valence electrons. The van der Waals surface area contributed by atoms with E-state index >= 15 is 0 Å². The average Bonchev–Trinajstić information content (AvgIpc) is 2.90. The van der Waals surface area contributed by atoms with Gasteiger partial charge in [0.2, 0.25) is 5.91 Å². The number of thioether (sulfide) groups is 2. The average molecular weight is 602 g/mol. The van der Waals surface area contributed by atoms with Crippen molar-refractivity contribution >= 4 is 51.0 Å². The van der Waals surface area contributed by atoms with E-state index in [-0.39, 0.29) is 28.9 Å². The molecule has 0 saturated carbocycles. The number of benzene rings is 2. The van der Waals surface area contributed by atoms with Gasteiger partial charge in [-0.2, -0.15) is 0 Å². The fraction of sp³-hybridized carbons (Fsp3) is 0.545. The molecule has 0 aliphatic heterocycles. The Bertz CT molecular complexity index is 1100. The second kappa shape index (κ2) is 17.2. The maximum atomic E-state index is 13.5. The Hall–Kier alpha value is -1.83. The van der Waals surface area contributed by atoms with Gasteiger partial charge in [-0.05, 0) is 81.4 Å². The number of phenolic OH excluding ortho intramolecular Hbond substituents is 1. The lowest BCUT2D eigenvalue weighted by atomic mass is 9.75. The first kappa shape index (κ1) is 34.4. The van der Waals surface area contributed by atoms with E-state index in [2.05, 4.69) is 24.4 Å². The number of hydrogen-bond acceptors (Lipinski definition) is 6. The van der Waals surface area contributed by atoms with Crippen molar-refractivity contribution in [1.29, 1.82) is 0 Å². The second-order valence-electron chi connectivity index (χ2n) is 11.6. The Labute approximate surface area is 255 Å². The molecular weight excluding hydrogens is 555 g/mol. The molecule has 2 unspecified atom stereocenters. The van der Waals surface area contributed by atoms with Gasteiger partial charge in [0.15, 0.2) is 0 Å². The smallest absolute Gasteiger partial charge is 0.223 e. The van der Waals surface area contributed by atoms with Crippen LogP contribution in [0.1, 0.15) is 95.1 Å². The monoisotopic (exact) mass is 601 g/mol. The highest BCUT2D eigenvalue weighted by Gasteiger charge is 2.35. The number of nitrogens with one attached hydrogen (secondary N) is 1. The zero-order valence-corrected chi connectivity index (χ0v) is 27.4. The maximum absolute atomic E-state index is 13.5. The van der Waals surface area contributed by atoms with E-state index in [1.807, 2.05) is 65.0 Å². The van der Waals surface area contributed by atoms with Gasteiger partial charge >= 0.3 is 0 Å². The molecule has 2 aromatic rings. The number of phenols is 1. The first-order chi connectivity index (χ1) is 18.9. The molecule has 0 aliphatic carbocycles. The van der Waals surface area contributed by atoms with Crippen molar-refractivity contribution in [3.8, 4) is 5.75 Å². The summed E-state index contributed by atoms with van der Waals surface area (Å²) < 4.78 is 0.908. The molecule has 0 bridgehead atoms. The number of thiocarbonyl (C=S) groups is 1. The third-order valence-corrected chi connectivity index (χ3v) is 10.0. The molecule has 2 aromatic carbocycles. The van der Waals surface area contributed by atoms with Crippen LogP contribution >= 0.6 is 35.7 Å². The minimum Gasteiger partial charge on any atom is -0.508 e. The quantitative estimate of drug-likeness (QED) is 0.148. The Kier molecular flexibility index (Phi) is 14.8. The number of rotatable bonds is 16. The minimum atomic E-state index is -0.633. The molecule has 40 heavy (non-hydrogen) atoms. The van der Waals surface area contributed by atoms with Crippen LogP contribution in [-0.4, -0.2) is 32.1 Å². The number of Topliss-reactive ketones (excluding diaryl/α,β-unsaturated/α-hetero) is 1. The normalized spacial score (nSPS) is 13.2. The maximum Gasteiger partial charge on any atom is 0.223 e. The lowest BCUT2D eigenvalue weighted by molar-refractivity contribution is -0.131. The molecule has 4 nitrogen and oxygen atoms in total. The predicted molar refractivity (Wildman–Crippen MR) is 177 cm³/mol. The van der Waals surface area contributed by atoms with Gasteiger partial charge in [-0.1, -0.05) is 93.6 Å². The minimum absolute atomic E-state index is 0.00142. The Balaban J connectivity index is 2.16. The van der Waals surface area contributed by atoms with Crippen LogP contribution < -0.4 is 5.32 Å². The molecule has 2 rings (SSSR count). The molecule has 2 N–H and O–H groups in total. The van der Waals surface area contributed by atoms with Crippen molar-refractivity contribution < 1.29 is 14.7 Å². The SMILES string of the molecule is CCCCSC(=S)SC(CC(CC(C)(C)C(=O)CCCc1ccc(O)c(C)c1)C(=O)NC(C)C)c1ccccc1. The van der Waals surface area contributed by atoms with Gasteiger partial charge in [0.05, 0.1) is 0 Å². The van der Waals surface area contributed by atoms with Gasteiger partial charge in [-0.25, -0.2) is 0 Å². The van der Waals surface area contributed by atoms with E-state index in [4.69, 9.17) is 12.2 Å². The fourth-order valence-electron chi connectivity index (χ4n) is 4.71. The van der Waals surface area contributed by atoms with Gasteiger partial charge in [-0.3, -0.25) is 9.59 Å². The first-order valence-corrected chi connectivity index (χ1v) is 16.7. The van der Waals surface area contributed by atoms with E-state index in [1.165, 1.54) is 0 Å². The van der Waals surface area contributed by atoms with E-state index in [1.54, 1.807) is 29.6 Å². The third kappa shape index (κ3) is 12.0. The summed E-state index contributed by atoms with van der Waals surface area (Å²) in [5.41, 5.74) is 2.48. The van der Waals surface area contributed by atoms with E-state index < -0.39 is 5.41 Å². The summed E-state index contributed by atoms with van der Waals surface area (Å²) in [5, 5.41) is 12.9. The van der Waals surface area contributed by atoms with Gasteiger partial charge in [-0.15, -0.1) is 11.8 Å². The lowest BCUT2D eigenvalue weighted by Gasteiger charge is -2.31. The molecule has 7 heteroatoms. The molecule has 0 aliphatic rings. The summed E-state index contributed by atoms with van der Waals surface area (Å²) in [6.07, 6.45) is 5.34. The zero-order chi connectivity index (χ0) is 29.7. The molecule has 0 fully saturated rings. The third-order valence-electron chi connectivity index (χ3n) is 7.07. The highest BCUT2D eigenvalue weighted by atomic mass is 32.2. The molecule has 1 amide bonds. The number of hydrogen-bond donors (Lipinski definition) is 2. The number of carbonyl (C=O) groups is 2. The second-order valence-corrected chi connectivity index (χ2v) is 15.1. The van der Waals surface area contributed by atoms with Crippen LogP contribution in [0.3, 0.4) is 0 Å². The first-order valence-electron chi connectivity index (χ1n) is 14.4. The Morgan fingerprint density at radius 2 is 1.77 bits per heavy atom. The van der Waals surface area contributed by atoms with E-state index in [0.29, 0.717) is 25.0 Å². The van der Waals surface area contributed by atoms with Crippen molar-refractivity contribution in [2.45, 2.75) is 97.8 Å². The van der Waals surface area contributed by atoms with Crippen molar-refractivity contribution in [1.82, 2.24) is 5.32 Å². The number of aryl methyl sites for hydroxylation is 2. The molecule has 2 atom stereocenters. The number of amides is 1. The Morgan fingerprint density at radius 3 is 2.40 bits per heavy atom. The molecule has 0 heterocycles. The summed E-state index contributed by atoms with van der Waals surface area (Å²) in [4.78, 5) is 26.9. The fourth-order valence-corrected chi connectivity index (χ4v) is 7.63. The summed E-state index contributed by atoms with van der Waals surface area (Å²) in [5.74, 6) is 1.16. The summed E-state index contributed by atoms with van der Waals surface area (Å²) in [6, 6.07) is 15.9. The van der Waals surface area contributed by atoms with Crippen LogP contribution in [0.25, 0.3) is 0 Å². The highest BCUT2D eigenvalue weighted by molar-refractivity contribution is 8.47. The summed E-state index contributed by atoms with van der Waals surface area (Å²) in [6.45, 7) is 12.0. The van der Waals surface area contributed by atoms with Gasteiger partial charge < -0.3 is 10.4 Å². The lowest BCUT2D eigenvalue weighted by Crippen LogP contribution is -2.39. The van der Waals surface area contributed by atoms with Crippen molar-refractivity contribution in [2.24, 2.45) is 11.3 Å². The summed E-state index contributed by atoms with van der Waals surface area (Å²) in [7, 11) is 0. The van der Waals surface area contributed by atoms with Gasteiger partial charge in [0.1, 0.15) is 15.1 Å². The van der Waals surface area contributed by atoms with Crippen LogP contribution in [0.4, 0.5) is 0 Å². The van der Waals surface area contributed by atoms with Crippen molar-refractivity contribution in [2.75, 3.05) is 5.75 Å². The Morgan fingerprint density at radius 1 is 1.07 bits per heavy atom.